The van der Waals surface area contributed by atoms with E-state index >= 15 is 0 Å². The molecule has 0 spiro atoms. The molecule has 0 fully saturated rings. The van der Waals surface area contributed by atoms with Gasteiger partial charge in [0.25, 0.3) is 5.56 Å². The zero-order chi connectivity index (χ0) is 26.9. The number of aryl methyl sites for hydroxylation is 1. The summed E-state index contributed by atoms with van der Waals surface area (Å²) in [4.78, 5) is 34.0. The summed E-state index contributed by atoms with van der Waals surface area (Å²) >= 11 is 0. The maximum absolute atomic E-state index is 13.6. The SMILES string of the molecule is O=C(O)CCCCc1nc2cc(-c3noc(C4Cc5ccccc5C4)n3)ccc2c(=O)n1-c1ccc(F)cc1. The number of benzene rings is 3. The van der Waals surface area contributed by atoms with Gasteiger partial charge < -0.3 is 9.63 Å². The highest BCUT2D eigenvalue weighted by Crippen LogP contribution is 2.34. The molecule has 9 heteroatoms. The molecule has 3 aromatic carbocycles. The fourth-order valence-electron chi connectivity index (χ4n) is 5.21. The van der Waals surface area contributed by atoms with E-state index in [2.05, 4.69) is 22.3 Å². The van der Waals surface area contributed by atoms with Crippen LogP contribution in [0, 0.1) is 5.82 Å². The zero-order valence-corrected chi connectivity index (χ0v) is 21.0. The van der Waals surface area contributed by atoms with E-state index in [4.69, 9.17) is 14.6 Å². The zero-order valence-electron chi connectivity index (χ0n) is 21.0. The van der Waals surface area contributed by atoms with Gasteiger partial charge >= 0.3 is 5.97 Å². The molecule has 0 radical (unpaired) electrons. The van der Waals surface area contributed by atoms with E-state index in [0.29, 0.717) is 59.0 Å². The van der Waals surface area contributed by atoms with Crippen LogP contribution in [0.3, 0.4) is 0 Å². The minimum atomic E-state index is -0.872. The van der Waals surface area contributed by atoms with Gasteiger partial charge in [0.05, 0.1) is 16.6 Å². The molecule has 0 aliphatic heterocycles. The van der Waals surface area contributed by atoms with Gasteiger partial charge in [-0.15, -0.1) is 0 Å². The molecule has 0 amide bonds. The first-order valence-electron chi connectivity index (χ1n) is 12.9. The van der Waals surface area contributed by atoms with Crippen molar-refractivity contribution in [3.05, 3.63) is 106 Å². The lowest BCUT2D eigenvalue weighted by Crippen LogP contribution is -2.24. The molecular weight excluding hydrogens is 499 g/mol. The molecule has 2 heterocycles. The number of halogens is 1. The van der Waals surface area contributed by atoms with Crippen LogP contribution in [0.4, 0.5) is 4.39 Å². The van der Waals surface area contributed by atoms with Crippen molar-refractivity contribution in [1.29, 1.82) is 0 Å². The van der Waals surface area contributed by atoms with Gasteiger partial charge in [-0.1, -0.05) is 35.5 Å². The molecule has 2 aromatic heterocycles. The van der Waals surface area contributed by atoms with Crippen molar-refractivity contribution in [3.8, 4) is 17.1 Å². The van der Waals surface area contributed by atoms with Crippen LogP contribution >= 0.6 is 0 Å². The largest absolute Gasteiger partial charge is 0.481 e. The molecule has 0 unspecified atom stereocenters. The van der Waals surface area contributed by atoms with Crippen molar-refractivity contribution >= 4 is 16.9 Å². The molecule has 0 bridgehead atoms. The molecule has 39 heavy (non-hydrogen) atoms. The molecular formula is C30H25FN4O4. The average Bonchev–Trinajstić information content (AvgIpc) is 3.59. The van der Waals surface area contributed by atoms with Crippen LogP contribution in [0.15, 0.2) is 76.0 Å². The summed E-state index contributed by atoms with van der Waals surface area (Å²) in [6.45, 7) is 0. The molecule has 196 valence electrons. The Morgan fingerprint density at radius 1 is 1.00 bits per heavy atom. The summed E-state index contributed by atoms with van der Waals surface area (Å²) in [5.41, 5.74) is 3.95. The van der Waals surface area contributed by atoms with Crippen LogP contribution in [-0.2, 0) is 24.1 Å². The lowest BCUT2D eigenvalue weighted by molar-refractivity contribution is -0.137. The van der Waals surface area contributed by atoms with Crippen molar-refractivity contribution in [2.24, 2.45) is 0 Å². The van der Waals surface area contributed by atoms with Crippen molar-refractivity contribution < 1.29 is 18.8 Å². The van der Waals surface area contributed by atoms with Crippen molar-refractivity contribution in [3.63, 3.8) is 0 Å². The Kier molecular flexibility index (Phi) is 6.48. The third kappa shape index (κ3) is 4.95. The number of hydrogen-bond donors (Lipinski definition) is 1. The Balaban J connectivity index is 1.34. The van der Waals surface area contributed by atoms with E-state index in [1.165, 1.54) is 40.0 Å². The number of aromatic nitrogens is 4. The normalized spacial score (nSPS) is 13.2. The summed E-state index contributed by atoms with van der Waals surface area (Å²) in [6, 6.07) is 19.2. The Morgan fingerprint density at radius 2 is 1.74 bits per heavy atom. The van der Waals surface area contributed by atoms with E-state index in [-0.39, 0.29) is 17.9 Å². The van der Waals surface area contributed by atoms with Gasteiger partial charge in [-0.25, -0.2) is 9.37 Å². The van der Waals surface area contributed by atoms with E-state index < -0.39 is 11.8 Å². The first kappa shape index (κ1) is 24.7. The van der Waals surface area contributed by atoms with Gasteiger partial charge in [-0.2, -0.15) is 4.98 Å². The van der Waals surface area contributed by atoms with Crippen LogP contribution in [0.1, 0.15) is 48.0 Å². The van der Waals surface area contributed by atoms with E-state index in [1.807, 2.05) is 12.1 Å². The maximum Gasteiger partial charge on any atom is 0.303 e. The molecule has 6 rings (SSSR count). The predicted octanol–water partition coefficient (Wildman–Crippen LogP) is 5.25. The molecule has 1 N–H and O–H groups in total. The number of unbranched alkanes of at least 4 members (excludes halogenated alkanes) is 1. The van der Waals surface area contributed by atoms with Crippen molar-refractivity contribution in [1.82, 2.24) is 19.7 Å². The Hall–Kier alpha value is -4.66. The van der Waals surface area contributed by atoms with Crippen LogP contribution in [0.5, 0.6) is 0 Å². The van der Waals surface area contributed by atoms with E-state index in [0.717, 1.165) is 12.8 Å². The first-order valence-corrected chi connectivity index (χ1v) is 12.9. The van der Waals surface area contributed by atoms with Gasteiger partial charge in [-0.05, 0) is 73.2 Å². The van der Waals surface area contributed by atoms with Crippen LogP contribution in [0.2, 0.25) is 0 Å². The lowest BCUT2D eigenvalue weighted by atomic mass is 10.1. The number of rotatable bonds is 8. The monoisotopic (exact) mass is 524 g/mol. The smallest absolute Gasteiger partial charge is 0.303 e. The van der Waals surface area contributed by atoms with Gasteiger partial charge in [-0.3, -0.25) is 14.2 Å². The molecule has 1 aliphatic rings. The third-order valence-electron chi connectivity index (χ3n) is 7.16. The number of carbonyl (C=O) groups is 1. The quantitative estimate of drug-likeness (QED) is 0.276. The number of fused-ring (bicyclic) bond motifs is 2. The first-order chi connectivity index (χ1) is 19.0. The molecule has 0 saturated heterocycles. The summed E-state index contributed by atoms with van der Waals surface area (Å²) in [6.07, 6.45) is 3.10. The molecule has 5 aromatic rings. The lowest BCUT2D eigenvalue weighted by Gasteiger charge is -2.14. The molecule has 0 atom stereocenters. The Labute approximate surface area is 222 Å². The Bertz CT molecular complexity index is 1720. The summed E-state index contributed by atoms with van der Waals surface area (Å²) < 4.78 is 20.7. The fourth-order valence-corrected chi connectivity index (χ4v) is 5.21. The second kappa shape index (κ2) is 10.2. The van der Waals surface area contributed by atoms with Gasteiger partial charge in [0, 0.05) is 24.3 Å². The van der Waals surface area contributed by atoms with Crippen LogP contribution in [0.25, 0.3) is 28.0 Å². The maximum atomic E-state index is 13.6. The highest BCUT2D eigenvalue weighted by atomic mass is 19.1. The van der Waals surface area contributed by atoms with E-state index in [9.17, 15) is 14.0 Å². The standard InChI is InChI=1S/C30H25FN4O4/c31-22-10-12-23(13-11-22)35-26(7-3-4-8-27(36)37)32-25-17-20(9-14-24(25)30(35)38)28-33-29(39-34-28)21-15-18-5-1-2-6-19(18)16-21/h1-2,5-6,9-14,17,21H,3-4,7-8,15-16H2,(H,36,37). The number of nitrogens with zero attached hydrogens (tertiary/aromatic N) is 4. The highest BCUT2D eigenvalue weighted by molar-refractivity contribution is 5.82. The second-order valence-corrected chi connectivity index (χ2v) is 9.81. The second-order valence-electron chi connectivity index (χ2n) is 9.81. The van der Waals surface area contributed by atoms with Gasteiger partial charge in [0.2, 0.25) is 11.7 Å². The van der Waals surface area contributed by atoms with Crippen LogP contribution in [-0.4, -0.2) is 30.8 Å². The fraction of sp³-hybridized carbons (Fsp3) is 0.233. The number of carboxylic acids is 1. The average molecular weight is 525 g/mol. The molecule has 0 saturated carbocycles. The molecule has 1 aliphatic carbocycles. The number of aliphatic carboxylic acids is 1. The predicted molar refractivity (Wildman–Crippen MR) is 142 cm³/mol. The highest BCUT2D eigenvalue weighted by Gasteiger charge is 2.27. The Morgan fingerprint density at radius 3 is 2.46 bits per heavy atom. The van der Waals surface area contributed by atoms with Crippen molar-refractivity contribution in [2.45, 2.75) is 44.4 Å². The topological polar surface area (TPSA) is 111 Å². The van der Waals surface area contributed by atoms with Gasteiger partial charge in [0.15, 0.2) is 0 Å². The molecule has 8 nitrogen and oxygen atoms in total. The number of carboxylic acid groups (broad SMARTS) is 1. The third-order valence-corrected chi connectivity index (χ3v) is 7.16. The summed E-state index contributed by atoms with van der Waals surface area (Å²) in [5, 5.41) is 13.6. The van der Waals surface area contributed by atoms with Crippen LogP contribution < -0.4 is 5.56 Å². The minimum absolute atomic E-state index is 0.0325. The van der Waals surface area contributed by atoms with E-state index in [1.54, 1.807) is 18.2 Å². The summed E-state index contributed by atoms with van der Waals surface area (Å²) in [5.74, 6) is 0.328. The summed E-state index contributed by atoms with van der Waals surface area (Å²) in [7, 11) is 0. The van der Waals surface area contributed by atoms with Gasteiger partial charge in [0.1, 0.15) is 11.6 Å². The van der Waals surface area contributed by atoms with Crippen molar-refractivity contribution in [2.75, 3.05) is 0 Å². The minimum Gasteiger partial charge on any atom is -0.481 e. The number of hydrogen-bond acceptors (Lipinski definition) is 6.